The highest BCUT2D eigenvalue weighted by atomic mass is 19.1. The number of likely N-dealkylation sites (tertiary alicyclic amines) is 1. The van der Waals surface area contributed by atoms with Crippen LogP contribution in [-0.2, 0) is 4.74 Å². The average Bonchev–Trinajstić information content (AvgIpc) is 3.32. The Kier molecular flexibility index (Phi) is 6.33. The van der Waals surface area contributed by atoms with Gasteiger partial charge in [-0.15, -0.1) is 5.10 Å². The van der Waals surface area contributed by atoms with Gasteiger partial charge in [0, 0.05) is 24.3 Å². The summed E-state index contributed by atoms with van der Waals surface area (Å²) in [6.07, 6.45) is 3.01. The molecule has 0 radical (unpaired) electrons. The lowest BCUT2D eigenvalue weighted by atomic mass is 10.1. The number of fused-ring (bicyclic) bond motifs is 2. The third-order valence-electron chi connectivity index (χ3n) is 6.78. The summed E-state index contributed by atoms with van der Waals surface area (Å²) in [6, 6.07) is 9.06. The van der Waals surface area contributed by atoms with Crippen molar-refractivity contribution in [2.75, 3.05) is 37.8 Å². The van der Waals surface area contributed by atoms with E-state index in [4.69, 9.17) is 16.2 Å². The quantitative estimate of drug-likeness (QED) is 0.460. The van der Waals surface area contributed by atoms with Gasteiger partial charge >= 0.3 is 0 Å². The van der Waals surface area contributed by atoms with E-state index in [0.717, 1.165) is 66.1 Å². The Hall–Kier alpha value is -3.24. The van der Waals surface area contributed by atoms with Crippen LogP contribution in [0.25, 0.3) is 27.7 Å². The number of aromatic nitrogens is 5. The molecule has 0 bridgehead atoms. The van der Waals surface area contributed by atoms with Crippen LogP contribution in [0.15, 0.2) is 30.5 Å². The molecule has 1 aromatic carbocycles. The number of alkyl halides is 1. The zero-order valence-electron chi connectivity index (χ0n) is 20.5. The van der Waals surface area contributed by atoms with Gasteiger partial charge in [0.25, 0.3) is 0 Å². The summed E-state index contributed by atoms with van der Waals surface area (Å²) in [4.78, 5) is 10.9. The van der Waals surface area contributed by atoms with Gasteiger partial charge in [-0.3, -0.25) is 4.90 Å². The van der Waals surface area contributed by atoms with Crippen molar-refractivity contribution < 1.29 is 9.13 Å². The number of anilines is 2. The third-order valence-corrected chi connectivity index (χ3v) is 6.78. The lowest BCUT2D eigenvalue weighted by Crippen LogP contribution is -2.52. The second kappa shape index (κ2) is 9.43. The van der Waals surface area contributed by atoms with Gasteiger partial charge in [0.1, 0.15) is 17.5 Å². The number of ether oxygens (including phenoxy) is 1. The summed E-state index contributed by atoms with van der Waals surface area (Å²) in [5.74, 6) is 1.54. The standard InChI is InChI=1S/C17H19N7.C8H14FNO/c1-9(2)24-10(3)20-13-5-4-11(8-14(13)24)12-6-7-23-15(12)16(18)21-17(19)22-23;9-7-2-1-3-10(4-7)8-5-11-6-8/h4-9H,1-3H3,(H4,18,19,21,22);7-8H,1-6H2/t;7-/m.1/s1. The molecule has 0 saturated carbocycles. The van der Waals surface area contributed by atoms with Crippen LogP contribution in [0, 0.1) is 6.92 Å². The maximum absolute atomic E-state index is 12.9. The number of halogens is 1. The molecular weight excluding hydrogens is 447 g/mol. The smallest absolute Gasteiger partial charge is 0.240 e. The molecule has 10 heteroatoms. The van der Waals surface area contributed by atoms with Crippen LogP contribution in [0.4, 0.5) is 16.2 Å². The van der Waals surface area contributed by atoms with Gasteiger partial charge in [-0.2, -0.15) is 4.98 Å². The van der Waals surface area contributed by atoms with E-state index < -0.39 is 6.17 Å². The van der Waals surface area contributed by atoms with Gasteiger partial charge in [0.2, 0.25) is 5.95 Å². The molecule has 5 heterocycles. The van der Waals surface area contributed by atoms with E-state index in [0.29, 0.717) is 24.4 Å². The Morgan fingerprint density at radius 2 is 1.94 bits per heavy atom. The zero-order valence-corrected chi connectivity index (χ0v) is 20.5. The Morgan fingerprint density at radius 3 is 2.63 bits per heavy atom. The highest BCUT2D eigenvalue weighted by Crippen LogP contribution is 2.32. The number of hydrogen-bond acceptors (Lipinski definition) is 7. The second-order valence-corrected chi connectivity index (χ2v) is 9.63. The van der Waals surface area contributed by atoms with Crippen LogP contribution < -0.4 is 11.5 Å². The van der Waals surface area contributed by atoms with Crippen LogP contribution in [-0.4, -0.2) is 67.6 Å². The first-order chi connectivity index (χ1) is 16.8. The van der Waals surface area contributed by atoms with Crippen LogP contribution >= 0.6 is 0 Å². The molecule has 35 heavy (non-hydrogen) atoms. The van der Waals surface area contributed by atoms with Crippen molar-refractivity contribution in [1.29, 1.82) is 0 Å². The molecule has 0 aliphatic carbocycles. The van der Waals surface area contributed by atoms with E-state index in [1.54, 1.807) is 4.52 Å². The number of rotatable bonds is 3. The van der Waals surface area contributed by atoms with E-state index in [9.17, 15) is 4.39 Å². The molecule has 2 aliphatic heterocycles. The van der Waals surface area contributed by atoms with Crippen molar-refractivity contribution in [3.63, 3.8) is 0 Å². The molecule has 2 saturated heterocycles. The molecule has 1 atom stereocenters. The van der Waals surface area contributed by atoms with Crippen LogP contribution in [0.2, 0.25) is 0 Å². The Labute approximate surface area is 203 Å². The molecule has 4 aromatic rings. The molecule has 186 valence electrons. The second-order valence-electron chi connectivity index (χ2n) is 9.63. The molecule has 4 N–H and O–H groups in total. The average molecular weight is 481 g/mol. The molecule has 0 spiro atoms. The summed E-state index contributed by atoms with van der Waals surface area (Å²) in [5, 5.41) is 4.18. The predicted molar refractivity (Wildman–Crippen MR) is 136 cm³/mol. The fourth-order valence-electron chi connectivity index (χ4n) is 5.05. The van der Waals surface area contributed by atoms with Crippen molar-refractivity contribution in [3.8, 4) is 11.1 Å². The van der Waals surface area contributed by atoms with Crippen LogP contribution in [0.3, 0.4) is 0 Å². The van der Waals surface area contributed by atoms with E-state index in [1.165, 1.54) is 0 Å². The number of aryl methyl sites for hydroxylation is 1. The van der Waals surface area contributed by atoms with E-state index in [1.807, 2.05) is 31.3 Å². The van der Waals surface area contributed by atoms with Crippen molar-refractivity contribution in [3.05, 3.63) is 36.3 Å². The fourth-order valence-corrected chi connectivity index (χ4v) is 5.05. The first-order valence-electron chi connectivity index (χ1n) is 12.2. The summed E-state index contributed by atoms with van der Waals surface area (Å²) >= 11 is 0. The largest absolute Gasteiger partial charge is 0.382 e. The maximum atomic E-state index is 12.9. The minimum atomic E-state index is -0.593. The number of hydrogen-bond donors (Lipinski definition) is 2. The molecule has 2 fully saturated rings. The van der Waals surface area contributed by atoms with Crippen molar-refractivity contribution in [2.45, 2.75) is 51.9 Å². The molecular formula is C25H33FN8O. The first-order valence-corrected chi connectivity index (χ1v) is 12.2. The van der Waals surface area contributed by atoms with Gasteiger partial charge < -0.3 is 20.8 Å². The Balaban J connectivity index is 0.000000192. The maximum Gasteiger partial charge on any atom is 0.240 e. The summed E-state index contributed by atoms with van der Waals surface area (Å²) in [7, 11) is 0. The molecule has 0 amide bonds. The van der Waals surface area contributed by atoms with Crippen molar-refractivity contribution >= 4 is 28.3 Å². The summed E-state index contributed by atoms with van der Waals surface area (Å²) < 4.78 is 21.8. The van der Waals surface area contributed by atoms with Gasteiger partial charge in [-0.05, 0) is 63.9 Å². The first kappa shape index (κ1) is 23.5. The number of nitrogen functional groups attached to an aromatic ring is 2. The Bertz CT molecular complexity index is 1340. The zero-order chi connectivity index (χ0) is 24.7. The summed E-state index contributed by atoms with van der Waals surface area (Å²) in [5.41, 5.74) is 16.6. The number of nitrogens with two attached hydrogens (primary N) is 2. The van der Waals surface area contributed by atoms with Gasteiger partial charge in [0.15, 0.2) is 5.82 Å². The third kappa shape index (κ3) is 4.55. The van der Waals surface area contributed by atoms with E-state index in [2.05, 4.69) is 44.4 Å². The fraction of sp³-hybridized carbons (Fsp3) is 0.480. The van der Waals surface area contributed by atoms with Crippen LogP contribution in [0.1, 0.15) is 38.6 Å². The molecule has 0 unspecified atom stereocenters. The van der Waals surface area contributed by atoms with Crippen molar-refractivity contribution in [1.82, 2.24) is 29.0 Å². The molecule has 2 aliphatic rings. The van der Waals surface area contributed by atoms with Gasteiger partial charge in [0.05, 0.1) is 30.3 Å². The Morgan fingerprint density at radius 1 is 1.14 bits per heavy atom. The lowest BCUT2D eigenvalue weighted by molar-refractivity contribution is -0.0780. The summed E-state index contributed by atoms with van der Waals surface area (Å²) in [6.45, 7) is 9.66. The number of benzene rings is 1. The predicted octanol–water partition coefficient (Wildman–Crippen LogP) is 3.62. The molecule has 9 nitrogen and oxygen atoms in total. The number of nitrogens with zero attached hydrogens (tertiary/aromatic N) is 6. The normalized spacial score (nSPS) is 19.2. The number of imidazole rings is 1. The minimum absolute atomic E-state index is 0.158. The monoisotopic (exact) mass is 480 g/mol. The molecule has 6 rings (SSSR count). The number of piperidine rings is 1. The van der Waals surface area contributed by atoms with Crippen molar-refractivity contribution in [2.24, 2.45) is 0 Å². The SMILES string of the molecule is Cc1nc2ccc(-c3ccn4nc(N)nc(N)c34)cc2n1C(C)C.F[C@@H]1CCCN(C2COC2)C1. The van der Waals surface area contributed by atoms with Gasteiger partial charge in [-0.1, -0.05) is 6.07 Å². The highest BCUT2D eigenvalue weighted by Gasteiger charge is 2.30. The van der Waals surface area contributed by atoms with E-state index >= 15 is 0 Å². The minimum Gasteiger partial charge on any atom is -0.382 e. The van der Waals surface area contributed by atoms with E-state index in [-0.39, 0.29) is 5.95 Å². The van der Waals surface area contributed by atoms with Crippen LogP contribution in [0.5, 0.6) is 0 Å². The lowest BCUT2D eigenvalue weighted by Gasteiger charge is -2.40. The topological polar surface area (TPSA) is 113 Å². The highest BCUT2D eigenvalue weighted by molar-refractivity contribution is 5.91. The molecule has 3 aromatic heterocycles. The van der Waals surface area contributed by atoms with Gasteiger partial charge in [-0.25, -0.2) is 13.9 Å².